The summed E-state index contributed by atoms with van der Waals surface area (Å²) in [5.74, 6) is 1.14. The van der Waals surface area contributed by atoms with Gasteiger partial charge in [-0.05, 0) is 0 Å². The largest absolute Gasteiger partial charge is 0.147 e. The van der Waals surface area contributed by atoms with Gasteiger partial charge in [0.25, 0.3) is 0 Å². The third-order valence-corrected chi connectivity index (χ3v) is 7.44. The van der Waals surface area contributed by atoms with Crippen molar-refractivity contribution in [3.05, 3.63) is 35.3 Å². The van der Waals surface area contributed by atoms with Gasteiger partial charge in [0, 0.05) is 0 Å². The van der Waals surface area contributed by atoms with Crippen molar-refractivity contribution < 1.29 is 0 Å². The third kappa shape index (κ3) is 4.78. The van der Waals surface area contributed by atoms with Crippen LogP contribution in [0.3, 0.4) is 0 Å². The van der Waals surface area contributed by atoms with Crippen LogP contribution in [0, 0.1) is 20.8 Å². The van der Waals surface area contributed by atoms with Crippen LogP contribution in [0.4, 0.5) is 5.82 Å². The minimum absolute atomic E-state index is 0. The van der Waals surface area contributed by atoms with E-state index in [0.717, 1.165) is 59.9 Å². The molecule has 0 atom stereocenters. The molecular weight excluding hydrogens is 445 g/mol. The molecule has 0 aliphatic heterocycles. The van der Waals surface area contributed by atoms with E-state index in [0.29, 0.717) is 0 Å². The molecule has 0 aliphatic rings. The summed E-state index contributed by atoms with van der Waals surface area (Å²) >= 11 is -0.985. The molecule has 3 heterocycles. The smallest absolute Gasteiger partial charge is 0.147 e. The number of aromatic nitrogens is 4. The van der Waals surface area contributed by atoms with E-state index in [1.807, 2.05) is 10.7 Å². The van der Waals surface area contributed by atoms with E-state index in [1.165, 1.54) is 10.0 Å². The molecule has 0 amide bonds. The fourth-order valence-electron chi connectivity index (χ4n) is 3.69. The first-order valence-electron chi connectivity index (χ1n) is 10.1. The molecule has 29 heavy (non-hydrogen) atoms. The molecule has 158 valence electrons. The van der Waals surface area contributed by atoms with Crippen molar-refractivity contribution >= 4 is 43.0 Å². The minimum atomic E-state index is -0.985. The average Bonchev–Trinajstić information content (AvgIpc) is 2.96. The Morgan fingerprint density at radius 2 is 1.69 bits per heavy atom. The fourth-order valence-corrected chi connectivity index (χ4v) is 5.25. The zero-order valence-corrected chi connectivity index (χ0v) is 21.3. The van der Waals surface area contributed by atoms with Gasteiger partial charge in [0.1, 0.15) is 0 Å². The zero-order chi connectivity index (χ0) is 20.4. The Hall–Kier alpha value is -1.58. The molecule has 5 nitrogen and oxygen atoms in total. The number of aryl methyl sites for hydroxylation is 3. The molecule has 0 bridgehead atoms. The van der Waals surface area contributed by atoms with Crippen LogP contribution in [0.15, 0.2) is 18.3 Å². The van der Waals surface area contributed by atoms with E-state index in [9.17, 15) is 0 Å². The Balaban J connectivity index is 0.00000300. The van der Waals surface area contributed by atoms with E-state index in [-0.39, 0.29) is 12.4 Å². The second-order valence-electron chi connectivity index (χ2n) is 7.69. The van der Waals surface area contributed by atoms with E-state index in [1.54, 1.807) is 0 Å². The number of pyridine rings is 1. The van der Waals surface area contributed by atoms with Gasteiger partial charge in [0.15, 0.2) is 0 Å². The second kappa shape index (κ2) is 9.95. The number of hydrogen-bond donors (Lipinski definition) is 0. The summed E-state index contributed by atoms with van der Waals surface area (Å²) in [5, 5.41) is 4.91. The third-order valence-electron chi connectivity index (χ3n) is 5.01. The molecule has 0 aliphatic carbocycles. The predicted octanol–water partition coefficient (Wildman–Crippen LogP) is 4.73. The zero-order valence-electron chi connectivity index (χ0n) is 18.7. The monoisotopic (exact) mass is 477 g/mol. The molecule has 0 aromatic carbocycles. The standard InChI is InChI=1S/C22H32AsN5.ClH/c1-8-10-27(11-9-2)20-13-16(4)25-22-21(17(5)26-28(20)22)18-14-24-19(23(6)7)12-15(18)3;/h12-14H,8-11H2,1-7H3;1H. The summed E-state index contributed by atoms with van der Waals surface area (Å²) in [6, 6.07) is 4.42. The number of fused-ring (bicyclic) bond motifs is 1. The summed E-state index contributed by atoms with van der Waals surface area (Å²) in [7, 11) is 0. The van der Waals surface area contributed by atoms with Crippen LogP contribution in [0.5, 0.6) is 0 Å². The molecule has 0 saturated heterocycles. The maximum absolute atomic E-state index is 4.91. The van der Waals surface area contributed by atoms with Gasteiger partial charge in [-0.25, -0.2) is 0 Å². The second-order valence-corrected chi connectivity index (χ2v) is 12.4. The number of halogens is 1. The van der Waals surface area contributed by atoms with Crippen LogP contribution in [-0.4, -0.2) is 47.3 Å². The van der Waals surface area contributed by atoms with Gasteiger partial charge in [-0.3, -0.25) is 0 Å². The van der Waals surface area contributed by atoms with E-state index in [4.69, 9.17) is 15.1 Å². The number of nitrogens with zero attached hydrogens (tertiary/aromatic N) is 5. The van der Waals surface area contributed by atoms with Crippen LogP contribution in [0.25, 0.3) is 16.8 Å². The molecule has 0 saturated carbocycles. The molecule has 0 spiro atoms. The molecule has 0 unspecified atom stereocenters. The summed E-state index contributed by atoms with van der Waals surface area (Å²) in [6.07, 6.45) is 4.25. The van der Waals surface area contributed by atoms with Crippen molar-refractivity contribution in [1.29, 1.82) is 0 Å². The van der Waals surface area contributed by atoms with Crippen LogP contribution >= 0.6 is 12.4 Å². The Kier molecular flexibility index (Phi) is 8.13. The molecular formula is C22H33AsClN5. The fraction of sp³-hybridized carbons (Fsp3) is 0.500. The average molecular weight is 478 g/mol. The van der Waals surface area contributed by atoms with Crippen molar-refractivity contribution in [3.63, 3.8) is 0 Å². The number of rotatable bonds is 7. The first-order chi connectivity index (χ1) is 13.4. The molecule has 0 fully saturated rings. The Labute approximate surface area is 185 Å². The van der Waals surface area contributed by atoms with Gasteiger partial charge < -0.3 is 0 Å². The molecule has 0 radical (unpaired) electrons. The molecule has 7 heteroatoms. The van der Waals surface area contributed by atoms with Gasteiger partial charge in [-0.2, -0.15) is 0 Å². The van der Waals surface area contributed by atoms with E-state index in [2.05, 4.69) is 63.1 Å². The van der Waals surface area contributed by atoms with Gasteiger partial charge >= 0.3 is 173 Å². The maximum atomic E-state index is 4.91. The first-order valence-corrected chi connectivity index (χ1v) is 14.8. The van der Waals surface area contributed by atoms with Crippen LogP contribution in [0.2, 0.25) is 11.4 Å². The van der Waals surface area contributed by atoms with Crippen molar-refractivity contribution in [1.82, 2.24) is 19.6 Å². The Bertz CT molecular complexity index is 977. The normalized spacial score (nSPS) is 11.2. The first kappa shape index (κ1) is 23.7. The summed E-state index contributed by atoms with van der Waals surface area (Å²) < 4.78 is 3.30. The number of hydrogen-bond acceptors (Lipinski definition) is 4. The molecule has 3 aromatic heterocycles. The minimum Gasteiger partial charge on any atom is -0.147 e. The molecule has 3 aromatic rings. The van der Waals surface area contributed by atoms with Crippen molar-refractivity contribution in [2.24, 2.45) is 0 Å². The maximum Gasteiger partial charge on any atom is -0.147 e. The van der Waals surface area contributed by atoms with Crippen LogP contribution in [0.1, 0.15) is 43.6 Å². The van der Waals surface area contributed by atoms with Gasteiger partial charge in [-0.15, -0.1) is 12.4 Å². The number of anilines is 1. The van der Waals surface area contributed by atoms with Crippen LogP contribution < -0.4 is 9.38 Å². The Morgan fingerprint density at radius 3 is 2.24 bits per heavy atom. The Morgan fingerprint density at radius 1 is 1.03 bits per heavy atom. The van der Waals surface area contributed by atoms with Crippen molar-refractivity contribution in [2.45, 2.75) is 58.9 Å². The quantitative estimate of drug-likeness (QED) is 0.462. The molecule has 0 N–H and O–H groups in total. The predicted molar refractivity (Wildman–Crippen MR) is 128 cm³/mol. The topological polar surface area (TPSA) is 46.3 Å². The molecule has 3 rings (SSSR count). The summed E-state index contributed by atoms with van der Waals surface area (Å²) in [6.45, 7) is 12.8. The summed E-state index contributed by atoms with van der Waals surface area (Å²) in [5.41, 5.74) is 11.1. The van der Waals surface area contributed by atoms with Gasteiger partial charge in [-0.1, -0.05) is 0 Å². The van der Waals surface area contributed by atoms with E-state index >= 15 is 0 Å². The van der Waals surface area contributed by atoms with Crippen LogP contribution in [-0.2, 0) is 0 Å². The van der Waals surface area contributed by atoms with Gasteiger partial charge in [0.2, 0.25) is 0 Å². The van der Waals surface area contributed by atoms with Gasteiger partial charge in [0.05, 0.1) is 0 Å². The summed E-state index contributed by atoms with van der Waals surface area (Å²) in [4.78, 5) is 12.1. The SMILES string of the molecule is CCCN(CCC)c1cc(C)nc2c(-c3cnc([As](C)C)cc3C)c(C)nn12.Cl. The van der Waals surface area contributed by atoms with Crippen molar-refractivity contribution in [2.75, 3.05) is 18.0 Å². The van der Waals surface area contributed by atoms with E-state index < -0.39 is 14.7 Å². The van der Waals surface area contributed by atoms with Crippen molar-refractivity contribution in [3.8, 4) is 11.1 Å².